The molecule has 1 fully saturated rings. The average molecular weight is 284 g/mol. The third-order valence-corrected chi connectivity index (χ3v) is 3.12. The van der Waals surface area contributed by atoms with Crippen LogP contribution in [-0.4, -0.2) is 38.2 Å². The molecule has 1 N–H and O–H groups in total. The van der Waals surface area contributed by atoms with Crippen LogP contribution in [0.2, 0.25) is 0 Å². The highest BCUT2D eigenvalue weighted by Crippen LogP contribution is 2.32. The van der Waals surface area contributed by atoms with Crippen LogP contribution < -0.4 is 4.90 Å². The average Bonchev–Trinajstić information content (AvgIpc) is 2.78. The van der Waals surface area contributed by atoms with Crippen LogP contribution in [0.15, 0.2) is 12.4 Å². The minimum Gasteiger partial charge on any atom is -0.339 e. The Morgan fingerprint density at radius 1 is 1.30 bits per heavy atom. The first kappa shape index (κ1) is 12.8. The van der Waals surface area contributed by atoms with Gasteiger partial charge in [-0.15, -0.1) is 0 Å². The van der Waals surface area contributed by atoms with Gasteiger partial charge in [-0.25, -0.2) is 15.0 Å². The SMILES string of the molecule is Cc1cc(C(F)(F)F)nc(N2CC(c3ncn[nH]3)C2)n1. The van der Waals surface area contributed by atoms with Crippen LogP contribution in [0.25, 0.3) is 0 Å². The topological polar surface area (TPSA) is 70.6 Å². The lowest BCUT2D eigenvalue weighted by Crippen LogP contribution is -2.46. The van der Waals surface area contributed by atoms with E-state index in [0.717, 1.165) is 11.9 Å². The van der Waals surface area contributed by atoms with Gasteiger partial charge in [0.05, 0.1) is 5.92 Å². The molecule has 2 aromatic rings. The Morgan fingerprint density at radius 2 is 2.05 bits per heavy atom. The summed E-state index contributed by atoms with van der Waals surface area (Å²) in [6.07, 6.45) is -3.05. The number of hydrogen-bond acceptors (Lipinski definition) is 5. The van der Waals surface area contributed by atoms with Crippen molar-refractivity contribution in [3.05, 3.63) is 29.6 Å². The van der Waals surface area contributed by atoms with Crippen molar-refractivity contribution in [1.29, 1.82) is 0 Å². The lowest BCUT2D eigenvalue weighted by Gasteiger charge is -2.38. The Hall–Kier alpha value is -2.19. The third kappa shape index (κ3) is 2.30. The van der Waals surface area contributed by atoms with Gasteiger partial charge in [0.2, 0.25) is 5.95 Å². The first-order chi connectivity index (χ1) is 9.43. The van der Waals surface area contributed by atoms with Gasteiger partial charge in [-0.3, -0.25) is 5.10 Å². The number of H-pyrrole nitrogens is 1. The van der Waals surface area contributed by atoms with Crippen LogP contribution in [-0.2, 0) is 6.18 Å². The molecule has 6 nitrogen and oxygen atoms in total. The Morgan fingerprint density at radius 3 is 2.65 bits per heavy atom. The lowest BCUT2D eigenvalue weighted by atomic mass is 10.0. The van der Waals surface area contributed by atoms with E-state index in [-0.39, 0.29) is 11.9 Å². The van der Waals surface area contributed by atoms with Crippen LogP contribution in [0.3, 0.4) is 0 Å². The minimum absolute atomic E-state index is 0.105. The molecule has 106 valence electrons. The molecule has 0 amide bonds. The molecule has 0 spiro atoms. The molecule has 0 aromatic carbocycles. The lowest BCUT2D eigenvalue weighted by molar-refractivity contribution is -0.141. The number of rotatable bonds is 2. The molecule has 3 heterocycles. The number of nitrogens with one attached hydrogen (secondary N) is 1. The fraction of sp³-hybridized carbons (Fsp3) is 0.455. The zero-order chi connectivity index (χ0) is 14.3. The van der Waals surface area contributed by atoms with Crippen molar-refractivity contribution in [2.75, 3.05) is 18.0 Å². The number of aromatic nitrogens is 5. The Labute approximate surface area is 112 Å². The van der Waals surface area contributed by atoms with Crippen molar-refractivity contribution in [1.82, 2.24) is 25.1 Å². The maximum Gasteiger partial charge on any atom is 0.433 e. The Balaban J connectivity index is 1.78. The van der Waals surface area contributed by atoms with Gasteiger partial charge in [0.25, 0.3) is 0 Å². The highest BCUT2D eigenvalue weighted by atomic mass is 19.4. The molecule has 1 aliphatic rings. The number of halogens is 3. The Bertz CT molecular complexity index is 603. The van der Waals surface area contributed by atoms with Crippen LogP contribution in [0, 0.1) is 6.92 Å². The summed E-state index contributed by atoms with van der Waals surface area (Å²) in [4.78, 5) is 13.4. The van der Waals surface area contributed by atoms with Gasteiger partial charge < -0.3 is 4.90 Å². The second-order valence-electron chi connectivity index (χ2n) is 4.66. The van der Waals surface area contributed by atoms with Crippen LogP contribution in [0.5, 0.6) is 0 Å². The molecule has 9 heteroatoms. The smallest absolute Gasteiger partial charge is 0.339 e. The fourth-order valence-corrected chi connectivity index (χ4v) is 2.07. The molecule has 3 rings (SSSR count). The summed E-state index contributed by atoms with van der Waals surface area (Å²) in [5, 5.41) is 6.50. The van der Waals surface area contributed by atoms with Gasteiger partial charge >= 0.3 is 6.18 Å². The third-order valence-electron chi connectivity index (χ3n) is 3.12. The highest BCUT2D eigenvalue weighted by molar-refractivity contribution is 5.39. The summed E-state index contributed by atoms with van der Waals surface area (Å²) >= 11 is 0. The molecule has 0 aliphatic carbocycles. The van der Waals surface area contributed by atoms with Gasteiger partial charge in [0, 0.05) is 18.8 Å². The molecule has 0 saturated carbocycles. The maximum atomic E-state index is 12.7. The summed E-state index contributed by atoms with van der Waals surface area (Å²) in [7, 11) is 0. The second kappa shape index (κ2) is 4.43. The molecule has 0 bridgehead atoms. The van der Waals surface area contributed by atoms with E-state index in [4.69, 9.17) is 0 Å². The molecule has 1 saturated heterocycles. The van der Waals surface area contributed by atoms with E-state index >= 15 is 0 Å². The zero-order valence-corrected chi connectivity index (χ0v) is 10.5. The van der Waals surface area contributed by atoms with E-state index in [1.165, 1.54) is 13.3 Å². The predicted octanol–water partition coefficient (Wildman–Crippen LogP) is 1.53. The van der Waals surface area contributed by atoms with Crippen molar-refractivity contribution in [2.24, 2.45) is 0 Å². The van der Waals surface area contributed by atoms with E-state index in [9.17, 15) is 13.2 Å². The van der Waals surface area contributed by atoms with Gasteiger partial charge in [-0.05, 0) is 13.0 Å². The highest BCUT2D eigenvalue weighted by Gasteiger charge is 2.36. The largest absolute Gasteiger partial charge is 0.433 e. The van der Waals surface area contributed by atoms with E-state index in [0.29, 0.717) is 18.8 Å². The monoisotopic (exact) mass is 284 g/mol. The van der Waals surface area contributed by atoms with Crippen molar-refractivity contribution in [2.45, 2.75) is 19.0 Å². The number of aromatic amines is 1. The number of nitrogens with zero attached hydrogens (tertiary/aromatic N) is 5. The molecule has 0 radical (unpaired) electrons. The predicted molar refractivity (Wildman–Crippen MR) is 63.1 cm³/mol. The minimum atomic E-state index is -4.46. The van der Waals surface area contributed by atoms with Crippen LogP contribution >= 0.6 is 0 Å². The summed E-state index contributed by atoms with van der Waals surface area (Å²) in [6.45, 7) is 2.57. The van der Waals surface area contributed by atoms with Gasteiger partial charge in [0.1, 0.15) is 17.8 Å². The van der Waals surface area contributed by atoms with Crippen molar-refractivity contribution >= 4 is 5.95 Å². The number of alkyl halides is 3. The molecule has 20 heavy (non-hydrogen) atoms. The standard InChI is InChI=1S/C11H11F3N6/c1-6-2-8(11(12,13)14)18-10(17-6)20-3-7(4-20)9-15-5-16-19-9/h2,5,7H,3-4H2,1H3,(H,15,16,19). The first-order valence-corrected chi connectivity index (χ1v) is 5.96. The summed E-state index contributed by atoms with van der Waals surface area (Å²) < 4.78 is 38.1. The summed E-state index contributed by atoms with van der Waals surface area (Å²) in [6, 6.07) is 0.942. The Kier molecular flexibility index (Phi) is 2.84. The van der Waals surface area contributed by atoms with Gasteiger partial charge in [0.15, 0.2) is 0 Å². The number of hydrogen-bond donors (Lipinski definition) is 1. The molecular weight excluding hydrogens is 273 g/mol. The molecule has 0 unspecified atom stereocenters. The second-order valence-corrected chi connectivity index (χ2v) is 4.66. The van der Waals surface area contributed by atoms with E-state index in [1.807, 2.05) is 0 Å². The van der Waals surface area contributed by atoms with Gasteiger partial charge in [-0.2, -0.15) is 18.3 Å². The molecule has 0 atom stereocenters. The van der Waals surface area contributed by atoms with E-state index in [1.54, 1.807) is 4.90 Å². The van der Waals surface area contributed by atoms with Crippen molar-refractivity contribution in [3.63, 3.8) is 0 Å². The number of anilines is 1. The normalized spacial score (nSPS) is 16.3. The number of aryl methyl sites for hydroxylation is 1. The molecule has 1 aliphatic heterocycles. The first-order valence-electron chi connectivity index (χ1n) is 5.96. The van der Waals surface area contributed by atoms with Crippen molar-refractivity contribution in [3.8, 4) is 0 Å². The van der Waals surface area contributed by atoms with Crippen LogP contribution in [0.4, 0.5) is 19.1 Å². The maximum absolute atomic E-state index is 12.7. The zero-order valence-electron chi connectivity index (χ0n) is 10.5. The molecule has 2 aromatic heterocycles. The van der Waals surface area contributed by atoms with E-state index < -0.39 is 11.9 Å². The summed E-state index contributed by atoms with van der Waals surface area (Å²) in [5.74, 6) is 0.953. The van der Waals surface area contributed by atoms with Crippen molar-refractivity contribution < 1.29 is 13.2 Å². The van der Waals surface area contributed by atoms with Gasteiger partial charge in [-0.1, -0.05) is 0 Å². The quantitative estimate of drug-likeness (QED) is 0.905. The molecular formula is C11H11F3N6. The van der Waals surface area contributed by atoms with Crippen LogP contribution in [0.1, 0.15) is 23.1 Å². The summed E-state index contributed by atoms with van der Waals surface area (Å²) in [5.41, 5.74) is -0.617. The van der Waals surface area contributed by atoms with E-state index in [2.05, 4.69) is 25.1 Å². The fourth-order valence-electron chi connectivity index (χ4n) is 2.07.